The van der Waals surface area contributed by atoms with Crippen LogP contribution in [-0.2, 0) is 6.42 Å². The molecule has 0 atom stereocenters. The van der Waals surface area contributed by atoms with Crippen LogP contribution in [0.5, 0.6) is 5.06 Å². The smallest absolute Gasteiger partial charge is 0.380 e. The van der Waals surface area contributed by atoms with Crippen molar-refractivity contribution in [2.24, 2.45) is 0 Å². The number of unbranched alkanes of at least 4 members (excludes halogenated alkanes) is 1. The number of rotatable bonds is 7. The highest BCUT2D eigenvalue weighted by Crippen LogP contribution is 2.65. The van der Waals surface area contributed by atoms with Gasteiger partial charge < -0.3 is 5.11 Å². The van der Waals surface area contributed by atoms with Crippen LogP contribution < -0.4 is 0 Å². The Balaban J connectivity index is 1.66. The fourth-order valence-electron chi connectivity index (χ4n) is 4.36. The van der Waals surface area contributed by atoms with Crippen molar-refractivity contribution >= 4 is 56.5 Å². The average Bonchev–Trinajstić information content (AvgIpc) is 3.63. The normalized spacial score (nSPS) is 18.2. The monoisotopic (exact) mass is 590 g/mol. The molecule has 0 saturated heterocycles. The first-order valence-corrected chi connectivity index (χ1v) is 14.7. The molecule has 0 aromatic carbocycles. The minimum absolute atomic E-state index is 0.0102. The molecule has 1 aliphatic rings. The zero-order valence-electron chi connectivity index (χ0n) is 19.5. The maximum Gasteiger partial charge on any atom is 0.380 e. The minimum atomic E-state index is -5.60. The van der Waals surface area contributed by atoms with Crippen LogP contribution in [0.3, 0.4) is 0 Å². The van der Waals surface area contributed by atoms with Gasteiger partial charge in [0.05, 0.1) is 0 Å². The van der Waals surface area contributed by atoms with Gasteiger partial charge in [0, 0.05) is 40.4 Å². The Labute approximate surface area is 225 Å². The van der Waals surface area contributed by atoms with Crippen molar-refractivity contribution < 1.29 is 31.4 Å². The molecule has 0 saturated carbocycles. The molecule has 0 aliphatic heterocycles. The van der Waals surface area contributed by atoms with E-state index in [0.717, 1.165) is 63.0 Å². The van der Waals surface area contributed by atoms with Gasteiger partial charge in [-0.05, 0) is 72.7 Å². The summed E-state index contributed by atoms with van der Waals surface area (Å²) in [6, 6.07) is 9.28. The van der Waals surface area contributed by atoms with E-state index in [1.165, 1.54) is 41.8 Å². The van der Waals surface area contributed by atoms with Gasteiger partial charge in [0.1, 0.15) is 0 Å². The van der Waals surface area contributed by atoms with E-state index in [1.54, 1.807) is 6.07 Å². The van der Waals surface area contributed by atoms with E-state index in [9.17, 15) is 13.9 Å². The molecule has 0 spiro atoms. The Hall–Kier alpha value is -2.08. The van der Waals surface area contributed by atoms with Crippen molar-refractivity contribution in [2.75, 3.05) is 0 Å². The Bertz CT molecular complexity index is 1490. The molecule has 0 amide bonds. The first kappa shape index (κ1) is 26.5. The van der Waals surface area contributed by atoms with Crippen LogP contribution in [0.2, 0.25) is 0 Å². The van der Waals surface area contributed by atoms with Gasteiger partial charge in [-0.25, -0.2) is 0 Å². The number of halogens is 6. The van der Waals surface area contributed by atoms with Crippen LogP contribution >= 0.6 is 45.3 Å². The Morgan fingerprint density at radius 1 is 0.784 bits per heavy atom. The van der Waals surface area contributed by atoms with Gasteiger partial charge in [0.25, 0.3) is 0 Å². The molecule has 0 radical (unpaired) electrons. The maximum absolute atomic E-state index is 15.2. The van der Waals surface area contributed by atoms with Crippen LogP contribution in [0.25, 0.3) is 30.7 Å². The molecule has 5 rings (SSSR count). The molecule has 196 valence electrons. The van der Waals surface area contributed by atoms with Gasteiger partial charge in [0.2, 0.25) is 0 Å². The number of allylic oxidation sites excluding steroid dienone is 2. The third-order valence-electron chi connectivity index (χ3n) is 6.26. The number of thiophene rings is 4. The summed E-state index contributed by atoms with van der Waals surface area (Å²) in [6.07, 6.45) is 2.88. The number of alkyl halides is 6. The zero-order valence-corrected chi connectivity index (χ0v) is 22.8. The van der Waals surface area contributed by atoms with Gasteiger partial charge in [-0.15, -0.1) is 34.0 Å². The SMILES string of the molecule is CCCCc1ccc(-c2cc(C3=C(c4cc(-c5ccc(O)s5)sc4C)C(F)(F)C(F)(F)C3(F)F)cs2)s1. The minimum Gasteiger partial charge on any atom is -0.499 e. The lowest BCUT2D eigenvalue weighted by molar-refractivity contribution is -0.254. The fourth-order valence-corrected chi connectivity index (χ4v) is 8.26. The molecule has 1 nitrogen and oxygen atoms in total. The highest BCUT2D eigenvalue weighted by Gasteiger charge is 2.80. The summed E-state index contributed by atoms with van der Waals surface area (Å²) in [5.41, 5.74) is -3.35. The highest BCUT2D eigenvalue weighted by molar-refractivity contribution is 7.23. The standard InChI is InChI=1S/C26H20F6OS4/c1-3-4-5-15-6-7-17(36-15)19-10-14(12-34-19)22-23(25(29,30)26(31,32)24(22,27)28)16-11-20(35-13(16)2)18-8-9-21(33)37-18/h6-12,33H,3-5H2,1-2H3. The number of aromatic hydroxyl groups is 1. The lowest BCUT2D eigenvalue weighted by Gasteiger charge is -2.25. The van der Waals surface area contributed by atoms with Crippen LogP contribution in [0.1, 0.15) is 40.6 Å². The van der Waals surface area contributed by atoms with Gasteiger partial charge in [-0.3, -0.25) is 0 Å². The van der Waals surface area contributed by atoms with Crippen molar-refractivity contribution in [1.82, 2.24) is 0 Å². The molecule has 4 heterocycles. The molecular formula is C26H20F6OS4. The third-order valence-corrected chi connectivity index (χ3v) is 10.7. The second-order valence-electron chi connectivity index (χ2n) is 8.76. The number of hydrogen-bond acceptors (Lipinski definition) is 5. The lowest BCUT2D eigenvalue weighted by Crippen LogP contribution is -2.48. The largest absolute Gasteiger partial charge is 0.499 e. The number of aryl methyl sites for hydroxylation is 2. The van der Waals surface area contributed by atoms with Crippen molar-refractivity contribution in [3.63, 3.8) is 0 Å². The van der Waals surface area contributed by atoms with Crippen LogP contribution in [0.15, 0.2) is 41.8 Å². The van der Waals surface area contributed by atoms with Gasteiger partial charge in [0.15, 0.2) is 5.06 Å². The molecular weight excluding hydrogens is 571 g/mol. The van der Waals surface area contributed by atoms with E-state index >= 15 is 17.6 Å². The van der Waals surface area contributed by atoms with E-state index in [0.29, 0.717) is 14.6 Å². The van der Waals surface area contributed by atoms with Gasteiger partial charge in [-0.1, -0.05) is 24.7 Å². The van der Waals surface area contributed by atoms with E-state index in [1.807, 2.05) is 12.1 Å². The third kappa shape index (κ3) is 4.18. The summed E-state index contributed by atoms with van der Waals surface area (Å²) in [6.45, 7) is 3.51. The van der Waals surface area contributed by atoms with Crippen LogP contribution in [0, 0.1) is 6.92 Å². The fraction of sp³-hybridized carbons (Fsp3) is 0.308. The lowest BCUT2D eigenvalue weighted by atomic mass is 9.96. The van der Waals surface area contributed by atoms with Gasteiger partial charge in [-0.2, -0.15) is 26.3 Å². The second kappa shape index (κ2) is 9.29. The summed E-state index contributed by atoms with van der Waals surface area (Å²) >= 11 is 4.54. The molecule has 0 unspecified atom stereocenters. The number of hydrogen-bond donors (Lipinski definition) is 1. The highest BCUT2D eigenvalue weighted by atomic mass is 32.1. The molecule has 1 aliphatic carbocycles. The van der Waals surface area contributed by atoms with E-state index < -0.39 is 28.9 Å². The zero-order chi connectivity index (χ0) is 26.8. The summed E-state index contributed by atoms with van der Waals surface area (Å²) < 4.78 is 90.4. The molecule has 11 heteroatoms. The maximum atomic E-state index is 15.2. The van der Waals surface area contributed by atoms with Crippen molar-refractivity contribution in [3.8, 4) is 24.6 Å². The van der Waals surface area contributed by atoms with Crippen LogP contribution in [-0.4, -0.2) is 22.9 Å². The predicted molar refractivity (Wildman–Crippen MR) is 142 cm³/mol. The second-order valence-corrected chi connectivity index (χ2v) is 13.2. The molecule has 37 heavy (non-hydrogen) atoms. The van der Waals surface area contributed by atoms with Crippen molar-refractivity contribution in [3.05, 3.63) is 62.7 Å². The molecule has 0 bridgehead atoms. The molecule has 4 aromatic rings. The first-order valence-electron chi connectivity index (χ1n) is 11.3. The summed E-state index contributed by atoms with van der Waals surface area (Å²) in [4.78, 5) is 3.59. The quantitative estimate of drug-likeness (QED) is 0.212. The Kier molecular flexibility index (Phi) is 6.66. The molecule has 0 fully saturated rings. The topological polar surface area (TPSA) is 20.2 Å². The van der Waals surface area contributed by atoms with E-state index in [-0.39, 0.29) is 21.1 Å². The Morgan fingerprint density at radius 2 is 1.46 bits per heavy atom. The predicted octanol–water partition coefficient (Wildman–Crippen LogP) is 10.5. The van der Waals surface area contributed by atoms with Gasteiger partial charge >= 0.3 is 17.8 Å². The van der Waals surface area contributed by atoms with Crippen molar-refractivity contribution in [1.29, 1.82) is 0 Å². The molecule has 4 aromatic heterocycles. The average molecular weight is 591 g/mol. The van der Waals surface area contributed by atoms with E-state index in [2.05, 4.69) is 6.92 Å². The first-order chi connectivity index (χ1) is 17.4. The summed E-state index contributed by atoms with van der Waals surface area (Å²) in [7, 11) is 0. The molecule has 1 N–H and O–H groups in total. The summed E-state index contributed by atoms with van der Waals surface area (Å²) in [5, 5.41) is 10.9. The van der Waals surface area contributed by atoms with Crippen molar-refractivity contribution in [2.45, 2.75) is 50.9 Å². The van der Waals surface area contributed by atoms with Crippen LogP contribution in [0.4, 0.5) is 26.3 Å². The van der Waals surface area contributed by atoms with E-state index in [4.69, 9.17) is 0 Å². The Morgan fingerprint density at radius 3 is 2.14 bits per heavy atom. The summed E-state index contributed by atoms with van der Waals surface area (Å²) in [5.74, 6) is -15.8.